The predicted molar refractivity (Wildman–Crippen MR) is 96.8 cm³/mol. The Morgan fingerprint density at radius 1 is 0.447 bits per heavy atom. The van der Waals surface area contributed by atoms with Crippen LogP contribution < -0.4 is 22.2 Å². The Hall–Kier alpha value is -3.48. The summed E-state index contributed by atoms with van der Waals surface area (Å²) in [5, 5.41) is -4.68. The minimum atomic E-state index is -6.83. The van der Waals surface area contributed by atoms with Crippen LogP contribution in [0.5, 0.6) is 0 Å². The monoisotopic (exact) mass is 580 g/mol. The molecule has 0 saturated heterocycles. The molecule has 0 bridgehead atoms. The van der Waals surface area contributed by atoms with Gasteiger partial charge in [-0.1, -0.05) is 0 Å². The number of fused-ring (bicyclic) bond motifs is 2. The van der Waals surface area contributed by atoms with Crippen molar-refractivity contribution in [2.45, 2.75) is 49.1 Å². The van der Waals surface area contributed by atoms with Gasteiger partial charge in [0.2, 0.25) is 0 Å². The molecular weight excluding hydrogens is 574 g/mol. The molecule has 0 N–H and O–H groups in total. The Morgan fingerprint density at radius 3 is 0.842 bits per heavy atom. The maximum atomic E-state index is 13.7. The molecule has 1 aromatic carbocycles. The van der Waals surface area contributed by atoms with Crippen LogP contribution in [-0.4, -0.2) is 45.2 Å². The van der Waals surface area contributed by atoms with Crippen molar-refractivity contribution < 1.29 is 61.5 Å². The van der Waals surface area contributed by atoms with Crippen LogP contribution in [0.3, 0.4) is 0 Å². The highest BCUT2D eigenvalue weighted by Gasteiger charge is 2.74. The molecule has 0 saturated carbocycles. The largest absolute Gasteiger partial charge is 0.459 e. The van der Waals surface area contributed by atoms with Crippen molar-refractivity contribution in [2.24, 2.45) is 0 Å². The van der Waals surface area contributed by atoms with E-state index in [-0.39, 0.29) is 12.1 Å². The number of nitrogens with zero attached hydrogens (tertiary/aromatic N) is 2. The zero-order valence-corrected chi connectivity index (χ0v) is 17.4. The number of rotatable bonds is 6. The third-order valence-corrected chi connectivity index (χ3v) is 5.40. The van der Waals surface area contributed by atoms with Crippen LogP contribution in [0, 0.1) is 0 Å². The van der Waals surface area contributed by atoms with Crippen LogP contribution in [-0.2, 0) is 13.1 Å². The van der Waals surface area contributed by atoms with Gasteiger partial charge >= 0.3 is 36.0 Å². The Labute approximate surface area is 196 Å². The zero-order chi connectivity index (χ0) is 29.6. The molecule has 0 unspecified atom stereocenters. The Balaban J connectivity index is 2.20. The van der Waals surface area contributed by atoms with Gasteiger partial charge in [-0.25, -0.2) is 0 Å². The first-order valence-corrected chi connectivity index (χ1v) is 9.35. The van der Waals surface area contributed by atoms with Crippen molar-refractivity contribution in [2.75, 3.05) is 0 Å². The minimum absolute atomic E-state index is 0.158. The lowest BCUT2D eigenvalue weighted by molar-refractivity contribution is -0.357. The lowest BCUT2D eigenvalue weighted by Crippen LogP contribution is -2.55. The summed E-state index contributed by atoms with van der Waals surface area (Å²) in [5.41, 5.74) is -8.01. The van der Waals surface area contributed by atoms with Crippen LogP contribution in [0.25, 0.3) is 21.5 Å². The molecule has 0 aliphatic rings. The van der Waals surface area contributed by atoms with Gasteiger partial charge in [-0.3, -0.25) is 28.3 Å². The Bertz CT molecular complexity index is 1440. The molecule has 0 aliphatic carbocycles. The van der Waals surface area contributed by atoms with Gasteiger partial charge in [0.05, 0.1) is 34.6 Å². The minimum Gasteiger partial charge on any atom is -0.269 e. The average Bonchev–Trinajstić information content (AvgIpc) is 3.10. The number of alkyl halides is 14. The maximum Gasteiger partial charge on any atom is 0.459 e. The van der Waals surface area contributed by atoms with Crippen LogP contribution in [0.1, 0.15) is 0 Å². The molecule has 0 spiro atoms. The Kier molecular flexibility index (Phi) is 6.13. The van der Waals surface area contributed by atoms with Crippen molar-refractivity contribution in [1.29, 1.82) is 0 Å². The SMILES string of the molecule is O=c1c2cc3c(=O)n(CC(F)(F)C(F)(F)C(F)(F)F)c(=O)c3cc2c(=O)n1CC(F)(F)C(F)(F)C(F)(F)F. The molecular formula is C18H6F14N2O4. The van der Waals surface area contributed by atoms with Gasteiger partial charge in [0.15, 0.2) is 0 Å². The molecule has 0 fully saturated rings. The second-order valence-electron chi connectivity index (χ2n) is 7.89. The highest BCUT2D eigenvalue weighted by molar-refractivity contribution is 5.97. The summed E-state index contributed by atoms with van der Waals surface area (Å²) in [7, 11) is 0. The van der Waals surface area contributed by atoms with E-state index in [1.165, 1.54) is 0 Å². The van der Waals surface area contributed by atoms with Crippen LogP contribution in [0.2, 0.25) is 0 Å². The summed E-state index contributed by atoms with van der Waals surface area (Å²) in [4.78, 5) is 49.2. The van der Waals surface area contributed by atoms with Crippen LogP contribution in [0.4, 0.5) is 61.5 Å². The number of benzene rings is 1. The van der Waals surface area contributed by atoms with Gasteiger partial charge in [-0.05, 0) is 12.1 Å². The first-order valence-electron chi connectivity index (χ1n) is 9.35. The molecule has 3 rings (SSSR count). The van der Waals surface area contributed by atoms with Gasteiger partial charge < -0.3 is 0 Å². The fraction of sp³-hybridized carbons (Fsp3) is 0.444. The molecule has 0 radical (unpaired) electrons. The standard InChI is InChI=1S/C18H6F14N2O4/c19-13(20,15(23,24)17(27,28)29)3-33-9(35)5-1-6-8(2-7(5)11(33)37)12(38)34(10(6)36)4-14(21,22)16(25,26)18(30,31)32/h1-2H,3-4H2. The van der Waals surface area contributed by atoms with E-state index in [0.29, 0.717) is 0 Å². The molecule has 210 valence electrons. The van der Waals surface area contributed by atoms with Crippen molar-refractivity contribution in [3.05, 3.63) is 53.5 Å². The maximum absolute atomic E-state index is 13.7. The van der Waals surface area contributed by atoms with Gasteiger partial charge in [0.1, 0.15) is 0 Å². The smallest absolute Gasteiger partial charge is 0.269 e. The van der Waals surface area contributed by atoms with Crippen molar-refractivity contribution >= 4 is 21.5 Å². The van der Waals surface area contributed by atoms with Gasteiger partial charge in [0.25, 0.3) is 22.2 Å². The summed E-state index contributed by atoms with van der Waals surface area (Å²) >= 11 is 0. The van der Waals surface area contributed by atoms with E-state index in [9.17, 15) is 80.6 Å². The highest BCUT2D eigenvalue weighted by Crippen LogP contribution is 2.48. The fourth-order valence-corrected chi connectivity index (χ4v) is 3.37. The van der Waals surface area contributed by atoms with E-state index in [1.807, 2.05) is 0 Å². The molecule has 20 heteroatoms. The molecule has 0 atom stereocenters. The van der Waals surface area contributed by atoms with E-state index in [2.05, 4.69) is 0 Å². The summed E-state index contributed by atoms with van der Waals surface area (Å²) in [6.07, 6.45) is -13.7. The fourth-order valence-electron chi connectivity index (χ4n) is 3.37. The lowest BCUT2D eigenvalue weighted by atomic mass is 10.1. The normalized spacial score (nSPS) is 14.7. The predicted octanol–water partition coefficient (Wildman–Crippen LogP) is 3.58. The topological polar surface area (TPSA) is 78.1 Å². The average molecular weight is 580 g/mol. The second-order valence-corrected chi connectivity index (χ2v) is 7.89. The zero-order valence-electron chi connectivity index (χ0n) is 17.4. The molecule has 3 aromatic rings. The van der Waals surface area contributed by atoms with Crippen molar-refractivity contribution in [3.8, 4) is 0 Å². The van der Waals surface area contributed by atoms with Crippen LogP contribution >= 0.6 is 0 Å². The molecule has 38 heavy (non-hydrogen) atoms. The number of aromatic nitrogens is 2. The summed E-state index contributed by atoms with van der Waals surface area (Å²) in [5.74, 6) is -25.7. The lowest BCUT2D eigenvalue weighted by Gasteiger charge is -2.27. The molecule has 6 nitrogen and oxygen atoms in total. The van der Waals surface area contributed by atoms with Gasteiger partial charge in [-0.2, -0.15) is 61.5 Å². The van der Waals surface area contributed by atoms with Gasteiger partial charge in [0, 0.05) is 0 Å². The van der Waals surface area contributed by atoms with Crippen molar-refractivity contribution in [3.63, 3.8) is 0 Å². The quantitative estimate of drug-likeness (QED) is 0.418. The van der Waals surface area contributed by atoms with Gasteiger partial charge in [-0.15, -0.1) is 0 Å². The second kappa shape index (κ2) is 8.01. The Morgan fingerprint density at radius 2 is 0.658 bits per heavy atom. The summed E-state index contributed by atoms with van der Waals surface area (Å²) in [6.45, 7) is -5.69. The first kappa shape index (κ1) is 29.1. The van der Waals surface area contributed by atoms with E-state index < -0.39 is 102 Å². The highest BCUT2D eigenvalue weighted by atomic mass is 19.4. The third kappa shape index (κ3) is 3.94. The first-order chi connectivity index (χ1) is 16.8. The summed E-state index contributed by atoms with van der Waals surface area (Å²) < 4.78 is 180. The number of hydrogen-bond acceptors (Lipinski definition) is 4. The molecule has 0 amide bonds. The van der Waals surface area contributed by atoms with E-state index in [0.717, 1.165) is 0 Å². The number of hydrogen-bond donors (Lipinski definition) is 0. The van der Waals surface area contributed by atoms with E-state index in [4.69, 9.17) is 0 Å². The number of halogens is 14. The molecule has 0 aliphatic heterocycles. The molecule has 2 heterocycles. The van der Waals surface area contributed by atoms with E-state index in [1.54, 1.807) is 0 Å². The van der Waals surface area contributed by atoms with E-state index >= 15 is 0 Å². The molecule has 2 aromatic heterocycles. The summed E-state index contributed by atoms with van der Waals surface area (Å²) in [6, 6.07) is 0.316. The van der Waals surface area contributed by atoms with Crippen LogP contribution in [0.15, 0.2) is 31.3 Å². The van der Waals surface area contributed by atoms with Crippen molar-refractivity contribution in [1.82, 2.24) is 9.13 Å². The third-order valence-electron chi connectivity index (χ3n) is 5.40.